The zero-order chi connectivity index (χ0) is 18.5. The monoisotopic (exact) mass is 355 g/mol. The predicted octanol–water partition coefficient (Wildman–Crippen LogP) is 3.71. The number of aromatic nitrogens is 2. The summed E-state index contributed by atoms with van der Waals surface area (Å²) in [6.45, 7) is 5.15. The summed E-state index contributed by atoms with van der Waals surface area (Å²) in [4.78, 5) is 23.8. The second kappa shape index (κ2) is 8.17. The molecular weight excluding hydrogens is 330 g/mol. The number of nitrogens with zero attached hydrogens (tertiary/aromatic N) is 3. The van der Waals surface area contributed by atoms with Crippen LogP contribution >= 0.6 is 0 Å². The molecule has 26 heavy (non-hydrogen) atoms. The topological polar surface area (TPSA) is 64.5 Å². The molecule has 2 aromatic rings. The second-order valence-corrected chi connectivity index (χ2v) is 6.39. The number of para-hydroxylation sites is 1. The summed E-state index contributed by atoms with van der Waals surface area (Å²) in [5.41, 5.74) is 1.22. The zero-order valence-corrected chi connectivity index (χ0v) is 15.6. The van der Waals surface area contributed by atoms with Gasteiger partial charge in [-0.3, -0.25) is 0 Å². The van der Waals surface area contributed by atoms with Crippen molar-refractivity contribution < 1.29 is 14.3 Å². The van der Waals surface area contributed by atoms with Crippen LogP contribution in [0.3, 0.4) is 0 Å². The van der Waals surface area contributed by atoms with Crippen molar-refractivity contribution in [3.05, 3.63) is 36.0 Å². The van der Waals surface area contributed by atoms with Gasteiger partial charge in [-0.25, -0.2) is 14.8 Å². The van der Waals surface area contributed by atoms with Crippen LogP contribution in [-0.4, -0.2) is 42.2 Å². The van der Waals surface area contributed by atoms with Gasteiger partial charge in [0.1, 0.15) is 17.1 Å². The first-order valence-electron chi connectivity index (χ1n) is 9.10. The molecule has 0 aliphatic carbocycles. The van der Waals surface area contributed by atoms with Gasteiger partial charge in [-0.05, 0) is 45.2 Å². The molecule has 0 radical (unpaired) electrons. The van der Waals surface area contributed by atoms with Crippen LogP contribution in [0, 0.1) is 0 Å². The number of esters is 1. The van der Waals surface area contributed by atoms with Gasteiger partial charge in [-0.2, -0.15) is 0 Å². The van der Waals surface area contributed by atoms with Gasteiger partial charge in [0.05, 0.1) is 19.3 Å². The van der Waals surface area contributed by atoms with E-state index in [-0.39, 0.29) is 5.97 Å². The molecule has 0 amide bonds. The third kappa shape index (κ3) is 3.64. The normalized spacial score (nSPS) is 17.0. The summed E-state index contributed by atoms with van der Waals surface area (Å²) >= 11 is 0. The van der Waals surface area contributed by atoms with E-state index in [0.29, 0.717) is 35.6 Å². The summed E-state index contributed by atoms with van der Waals surface area (Å²) in [6, 6.07) is 7.94. The minimum Gasteiger partial charge on any atom is -0.496 e. The highest BCUT2D eigenvalue weighted by atomic mass is 16.5. The predicted molar refractivity (Wildman–Crippen MR) is 101 cm³/mol. The van der Waals surface area contributed by atoms with E-state index < -0.39 is 0 Å². The average molecular weight is 355 g/mol. The highest BCUT2D eigenvalue weighted by Gasteiger charge is 2.26. The zero-order valence-electron chi connectivity index (χ0n) is 15.6. The number of anilines is 1. The molecule has 138 valence electrons. The van der Waals surface area contributed by atoms with Crippen molar-refractivity contribution in [3.63, 3.8) is 0 Å². The first-order valence-corrected chi connectivity index (χ1v) is 9.10. The van der Waals surface area contributed by atoms with Crippen LogP contribution < -0.4 is 9.64 Å². The fourth-order valence-corrected chi connectivity index (χ4v) is 3.32. The number of rotatable bonds is 5. The Morgan fingerprint density at radius 3 is 2.85 bits per heavy atom. The Balaban J connectivity index is 2.09. The van der Waals surface area contributed by atoms with Gasteiger partial charge in [0.15, 0.2) is 5.82 Å². The first kappa shape index (κ1) is 18.2. The fraction of sp³-hybridized carbons (Fsp3) is 0.450. The average Bonchev–Trinajstić information content (AvgIpc) is 2.68. The maximum Gasteiger partial charge on any atom is 0.343 e. The molecule has 3 rings (SSSR count). The van der Waals surface area contributed by atoms with Crippen molar-refractivity contribution in [2.45, 2.75) is 39.2 Å². The number of carbonyl (C=O) groups excluding carboxylic acids is 1. The smallest absolute Gasteiger partial charge is 0.343 e. The fourth-order valence-electron chi connectivity index (χ4n) is 3.32. The second-order valence-electron chi connectivity index (χ2n) is 6.39. The van der Waals surface area contributed by atoms with E-state index in [1.165, 1.54) is 6.42 Å². The van der Waals surface area contributed by atoms with E-state index in [1.807, 2.05) is 24.3 Å². The summed E-state index contributed by atoms with van der Waals surface area (Å²) in [6.07, 6.45) is 4.93. The number of ether oxygens (including phenoxy) is 2. The molecule has 0 N–H and O–H groups in total. The molecule has 1 atom stereocenters. The number of hydrogen-bond donors (Lipinski definition) is 0. The Morgan fingerprint density at radius 2 is 2.12 bits per heavy atom. The van der Waals surface area contributed by atoms with Gasteiger partial charge in [-0.1, -0.05) is 12.1 Å². The quantitative estimate of drug-likeness (QED) is 0.762. The van der Waals surface area contributed by atoms with Gasteiger partial charge < -0.3 is 14.4 Å². The van der Waals surface area contributed by atoms with Crippen molar-refractivity contribution in [1.82, 2.24) is 9.97 Å². The Hall–Kier alpha value is -2.63. The van der Waals surface area contributed by atoms with Gasteiger partial charge in [-0.15, -0.1) is 0 Å². The molecule has 1 unspecified atom stereocenters. The lowest BCUT2D eigenvalue weighted by Gasteiger charge is -2.35. The Bertz CT molecular complexity index is 779. The van der Waals surface area contributed by atoms with Gasteiger partial charge in [0.25, 0.3) is 0 Å². The van der Waals surface area contributed by atoms with Crippen molar-refractivity contribution in [2.24, 2.45) is 0 Å². The van der Waals surface area contributed by atoms with Crippen LogP contribution in [-0.2, 0) is 4.74 Å². The van der Waals surface area contributed by atoms with Crippen molar-refractivity contribution in [2.75, 3.05) is 25.2 Å². The van der Waals surface area contributed by atoms with Crippen LogP contribution in [0.1, 0.15) is 43.5 Å². The molecule has 1 aromatic carbocycles. The summed E-state index contributed by atoms with van der Waals surface area (Å²) in [7, 11) is 1.62. The lowest BCUT2D eigenvalue weighted by Crippen LogP contribution is -2.39. The minimum atomic E-state index is -0.383. The van der Waals surface area contributed by atoms with Crippen LogP contribution in [0.5, 0.6) is 5.75 Å². The standard InChI is InChI=1S/C20H25N3O3/c1-4-26-20(24)16-13-21-18(15-10-5-6-11-17(15)25-3)22-19(16)23-12-8-7-9-14(23)2/h5-6,10-11,13-14H,4,7-9,12H2,1-3H3. The summed E-state index contributed by atoms with van der Waals surface area (Å²) < 4.78 is 10.7. The molecule has 1 saturated heterocycles. The Kier molecular flexibility index (Phi) is 5.71. The van der Waals surface area contributed by atoms with E-state index in [9.17, 15) is 4.79 Å². The molecule has 0 spiro atoms. The SMILES string of the molecule is CCOC(=O)c1cnc(-c2ccccc2OC)nc1N1CCCCC1C. The van der Waals surface area contributed by atoms with Crippen LogP contribution in [0.25, 0.3) is 11.4 Å². The molecule has 6 heteroatoms. The largest absolute Gasteiger partial charge is 0.496 e. The van der Waals surface area contributed by atoms with Gasteiger partial charge in [0, 0.05) is 18.8 Å². The van der Waals surface area contributed by atoms with E-state index in [4.69, 9.17) is 14.5 Å². The maximum atomic E-state index is 12.4. The maximum absolute atomic E-state index is 12.4. The first-order chi connectivity index (χ1) is 12.7. The summed E-state index contributed by atoms with van der Waals surface area (Å²) in [5, 5.41) is 0. The van der Waals surface area contributed by atoms with E-state index >= 15 is 0 Å². The van der Waals surface area contributed by atoms with E-state index in [0.717, 1.165) is 24.9 Å². The molecule has 1 aliphatic rings. The van der Waals surface area contributed by atoms with Crippen molar-refractivity contribution in [3.8, 4) is 17.1 Å². The van der Waals surface area contributed by atoms with Crippen LogP contribution in [0.2, 0.25) is 0 Å². The molecule has 6 nitrogen and oxygen atoms in total. The number of benzene rings is 1. The number of carbonyl (C=O) groups is 1. The van der Waals surface area contributed by atoms with Crippen molar-refractivity contribution >= 4 is 11.8 Å². The third-order valence-electron chi connectivity index (χ3n) is 4.69. The highest BCUT2D eigenvalue weighted by molar-refractivity contribution is 5.95. The molecule has 1 aromatic heterocycles. The number of hydrogen-bond acceptors (Lipinski definition) is 6. The van der Waals surface area contributed by atoms with Crippen molar-refractivity contribution in [1.29, 1.82) is 0 Å². The number of methoxy groups -OCH3 is 1. The van der Waals surface area contributed by atoms with Crippen LogP contribution in [0.4, 0.5) is 5.82 Å². The van der Waals surface area contributed by atoms with Gasteiger partial charge in [0.2, 0.25) is 0 Å². The molecule has 2 heterocycles. The molecule has 0 saturated carbocycles. The third-order valence-corrected chi connectivity index (χ3v) is 4.69. The van der Waals surface area contributed by atoms with Crippen LogP contribution in [0.15, 0.2) is 30.5 Å². The molecule has 1 aliphatic heterocycles. The summed E-state index contributed by atoms with van der Waals surface area (Å²) in [5.74, 6) is 1.51. The minimum absolute atomic E-state index is 0.317. The highest BCUT2D eigenvalue weighted by Crippen LogP contribution is 2.31. The molecular formula is C20H25N3O3. The van der Waals surface area contributed by atoms with E-state index in [1.54, 1.807) is 20.2 Å². The Labute approximate surface area is 154 Å². The lowest BCUT2D eigenvalue weighted by atomic mass is 10.0. The molecule has 1 fully saturated rings. The molecule has 0 bridgehead atoms. The number of piperidine rings is 1. The Morgan fingerprint density at radius 1 is 1.31 bits per heavy atom. The van der Waals surface area contributed by atoms with E-state index in [2.05, 4.69) is 16.8 Å². The lowest BCUT2D eigenvalue weighted by molar-refractivity contribution is 0.0526. The van der Waals surface area contributed by atoms with Gasteiger partial charge >= 0.3 is 5.97 Å².